The highest BCUT2D eigenvalue weighted by Gasteiger charge is 2.17. The summed E-state index contributed by atoms with van der Waals surface area (Å²) in [6, 6.07) is 13.8. The zero-order valence-electron chi connectivity index (χ0n) is 16.5. The summed E-state index contributed by atoms with van der Waals surface area (Å²) in [6.45, 7) is 0.257. The molecule has 0 bridgehead atoms. The van der Waals surface area contributed by atoms with Crippen LogP contribution in [0.15, 0.2) is 67.1 Å². The molecule has 0 aliphatic heterocycles. The maximum atomic E-state index is 13.8. The summed E-state index contributed by atoms with van der Waals surface area (Å²) in [5.41, 5.74) is 3.54. The lowest BCUT2D eigenvalue weighted by atomic mass is 10.2. The number of benzene rings is 2. The molecule has 1 N–H and O–H groups in total. The zero-order valence-corrected chi connectivity index (χ0v) is 16.5. The third kappa shape index (κ3) is 3.52. The van der Waals surface area contributed by atoms with Crippen LogP contribution in [0, 0.1) is 11.6 Å². The van der Waals surface area contributed by atoms with Gasteiger partial charge >= 0.3 is 0 Å². The average Bonchev–Trinajstić information content (AvgIpc) is 3.28. The van der Waals surface area contributed by atoms with Gasteiger partial charge in [0.2, 0.25) is 0 Å². The van der Waals surface area contributed by atoms with E-state index in [1.165, 1.54) is 24.3 Å². The van der Waals surface area contributed by atoms with Crippen LogP contribution in [0.2, 0.25) is 0 Å². The molecule has 6 nitrogen and oxygen atoms in total. The van der Waals surface area contributed by atoms with Crippen LogP contribution in [0.4, 0.5) is 14.5 Å². The Bertz CT molecular complexity index is 1450. The van der Waals surface area contributed by atoms with Gasteiger partial charge in [0.05, 0.1) is 18.2 Å². The molecule has 3 heterocycles. The SMILES string of the molecule is Cn1cnc2cc(NC(=O)c3cc4cc(F)ccc4n3Cc3cccc(F)c3)cnc21. The Balaban J connectivity index is 1.54. The molecule has 5 aromatic rings. The van der Waals surface area contributed by atoms with Crippen LogP contribution < -0.4 is 5.32 Å². The molecule has 0 aliphatic rings. The summed E-state index contributed by atoms with van der Waals surface area (Å²) in [5, 5.41) is 3.42. The fourth-order valence-corrected chi connectivity index (χ4v) is 3.70. The zero-order chi connectivity index (χ0) is 21.5. The monoisotopic (exact) mass is 417 g/mol. The molecule has 0 fully saturated rings. The van der Waals surface area contributed by atoms with Gasteiger partial charge < -0.3 is 14.5 Å². The first-order valence-corrected chi connectivity index (χ1v) is 9.59. The molecule has 0 radical (unpaired) electrons. The summed E-state index contributed by atoms with van der Waals surface area (Å²) in [4.78, 5) is 21.7. The highest BCUT2D eigenvalue weighted by atomic mass is 19.1. The van der Waals surface area contributed by atoms with Crippen LogP contribution in [-0.4, -0.2) is 25.0 Å². The first kappa shape index (κ1) is 18.9. The fraction of sp³-hybridized carbons (Fsp3) is 0.0870. The largest absolute Gasteiger partial charge is 0.332 e. The molecule has 0 unspecified atom stereocenters. The Hall–Kier alpha value is -4.07. The van der Waals surface area contributed by atoms with Gasteiger partial charge in [0.15, 0.2) is 5.65 Å². The predicted octanol–water partition coefficient (Wildman–Crippen LogP) is 4.50. The topological polar surface area (TPSA) is 64.7 Å². The van der Waals surface area contributed by atoms with E-state index in [1.54, 1.807) is 52.0 Å². The highest BCUT2D eigenvalue weighted by Crippen LogP contribution is 2.24. The van der Waals surface area contributed by atoms with Crippen molar-refractivity contribution in [1.29, 1.82) is 0 Å². The van der Waals surface area contributed by atoms with Crippen LogP contribution >= 0.6 is 0 Å². The second kappa shape index (κ2) is 7.32. The Morgan fingerprint density at radius 2 is 1.87 bits per heavy atom. The number of imidazole rings is 1. The molecule has 0 spiro atoms. The standard InChI is InChI=1S/C23H17F2N5O/c1-29-13-27-19-10-18(11-26-22(19)29)28-23(31)21-9-15-8-17(25)5-6-20(15)30(21)12-14-3-2-4-16(24)7-14/h2-11,13H,12H2,1H3,(H,28,31). The van der Waals surface area contributed by atoms with Gasteiger partial charge in [0.25, 0.3) is 5.91 Å². The number of anilines is 1. The highest BCUT2D eigenvalue weighted by molar-refractivity contribution is 6.06. The van der Waals surface area contributed by atoms with E-state index >= 15 is 0 Å². The Morgan fingerprint density at radius 1 is 1.03 bits per heavy atom. The number of fused-ring (bicyclic) bond motifs is 2. The molecular formula is C23H17F2N5O. The van der Waals surface area contributed by atoms with Crippen molar-refractivity contribution in [1.82, 2.24) is 19.1 Å². The van der Waals surface area contributed by atoms with Crippen molar-refractivity contribution in [3.63, 3.8) is 0 Å². The lowest BCUT2D eigenvalue weighted by Gasteiger charge is -2.12. The second-order valence-corrected chi connectivity index (χ2v) is 7.33. The Kier molecular flexibility index (Phi) is 4.47. The van der Waals surface area contributed by atoms with Gasteiger partial charge in [0.1, 0.15) is 22.8 Å². The average molecular weight is 417 g/mol. The van der Waals surface area contributed by atoms with Crippen LogP contribution in [0.25, 0.3) is 22.1 Å². The quantitative estimate of drug-likeness (QED) is 0.468. The van der Waals surface area contributed by atoms with E-state index in [1.807, 2.05) is 7.05 Å². The third-order valence-electron chi connectivity index (χ3n) is 5.13. The van der Waals surface area contributed by atoms with Crippen molar-refractivity contribution < 1.29 is 13.6 Å². The number of carbonyl (C=O) groups is 1. The molecule has 0 atom stereocenters. The third-order valence-corrected chi connectivity index (χ3v) is 5.13. The molecule has 2 aromatic carbocycles. The molecule has 3 aromatic heterocycles. The minimum Gasteiger partial charge on any atom is -0.332 e. The van der Waals surface area contributed by atoms with Gasteiger partial charge in [-0.2, -0.15) is 0 Å². The number of rotatable bonds is 4. The summed E-state index contributed by atoms with van der Waals surface area (Å²) >= 11 is 0. The van der Waals surface area contributed by atoms with Crippen molar-refractivity contribution in [3.8, 4) is 0 Å². The van der Waals surface area contributed by atoms with Crippen LogP contribution in [0.5, 0.6) is 0 Å². The normalized spacial score (nSPS) is 11.3. The van der Waals surface area contributed by atoms with Crippen molar-refractivity contribution in [3.05, 3.63) is 90.0 Å². The minimum absolute atomic E-state index is 0.257. The molecule has 0 saturated carbocycles. The number of aromatic nitrogens is 4. The molecule has 31 heavy (non-hydrogen) atoms. The van der Waals surface area contributed by atoms with E-state index in [4.69, 9.17) is 0 Å². The van der Waals surface area contributed by atoms with Crippen LogP contribution in [0.1, 0.15) is 16.1 Å². The molecule has 8 heteroatoms. The maximum Gasteiger partial charge on any atom is 0.272 e. The molecular weight excluding hydrogens is 400 g/mol. The summed E-state index contributed by atoms with van der Waals surface area (Å²) in [6.07, 6.45) is 3.20. The van der Waals surface area contributed by atoms with Gasteiger partial charge in [-0.25, -0.2) is 18.7 Å². The summed E-state index contributed by atoms with van der Waals surface area (Å²) < 4.78 is 31.0. The number of nitrogens with one attached hydrogen (secondary N) is 1. The van der Waals surface area contributed by atoms with Gasteiger partial charge in [-0.05, 0) is 48.0 Å². The number of nitrogens with zero attached hydrogens (tertiary/aromatic N) is 4. The number of halogens is 2. The number of carbonyl (C=O) groups excluding carboxylic acids is 1. The van der Waals surface area contributed by atoms with Crippen molar-refractivity contribution in [2.45, 2.75) is 6.54 Å². The Morgan fingerprint density at radius 3 is 2.71 bits per heavy atom. The van der Waals surface area contributed by atoms with Crippen molar-refractivity contribution >= 4 is 33.7 Å². The maximum absolute atomic E-state index is 13.8. The van der Waals surface area contributed by atoms with E-state index in [2.05, 4.69) is 15.3 Å². The number of aryl methyl sites for hydroxylation is 1. The summed E-state index contributed by atoms with van der Waals surface area (Å²) in [5.74, 6) is -1.14. The number of pyridine rings is 1. The van der Waals surface area contributed by atoms with E-state index < -0.39 is 5.82 Å². The fourth-order valence-electron chi connectivity index (χ4n) is 3.70. The number of amides is 1. The molecule has 0 saturated heterocycles. The first-order chi connectivity index (χ1) is 15.0. The number of hydrogen-bond acceptors (Lipinski definition) is 3. The minimum atomic E-state index is -0.396. The molecule has 154 valence electrons. The van der Waals surface area contributed by atoms with E-state index in [0.29, 0.717) is 39.0 Å². The predicted molar refractivity (Wildman–Crippen MR) is 114 cm³/mol. The van der Waals surface area contributed by atoms with Crippen LogP contribution in [0.3, 0.4) is 0 Å². The second-order valence-electron chi connectivity index (χ2n) is 7.33. The van der Waals surface area contributed by atoms with E-state index in [9.17, 15) is 13.6 Å². The van der Waals surface area contributed by atoms with Gasteiger partial charge in [-0.3, -0.25) is 4.79 Å². The van der Waals surface area contributed by atoms with Crippen LogP contribution in [-0.2, 0) is 13.6 Å². The molecule has 0 aliphatic carbocycles. The summed E-state index contributed by atoms with van der Waals surface area (Å²) in [7, 11) is 1.84. The first-order valence-electron chi connectivity index (χ1n) is 9.59. The van der Waals surface area contributed by atoms with E-state index in [0.717, 1.165) is 0 Å². The lowest BCUT2D eigenvalue weighted by molar-refractivity contribution is 0.101. The lowest BCUT2D eigenvalue weighted by Crippen LogP contribution is -2.17. The Labute approximate surface area is 175 Å². The molecule has 5 rings (SSSR count). The van der Waals surface area contributed by atoms with E-state index in [-0.39, 0.29) is 18.3 Å². The van der Waals surface area contributed by atoms with Gasteiger partial charge in [-0.1, -0.05) is 12.1 Å². The van der Waals surface area contributed by atoms with Crippen molar-refractivity contribution in [2.24, 2.45) is 7.05 Å². The smallest absolute Gasteiger partial charge is 0.272 e. The number of hydrogen-bond donors (Lipinski definition) is 1. The van der Waals surface area contributed by atoms with Gasteiger partial charge in [0, 0.05) is 24.5 Å². The van der Waals surface area contributed by atoms with Crippen molar-refractivity contribution in [2.75, 3.05) is 5.32 Å². The molecule has 1 amide bonds. The van der Waals surface area contributed by atoms with Gasteiger partial charge in [-0.15, -0.1) is 0 Å².